The minimum Gasteiger partial charge on any atom is -0.459 e. The zero-order chi connectivity index (χ0) is 25.6. The number of nitrogens with zero attached hydrogens (tertiary/aromatic N) is 6. The van der Waals surface area contributed by atoms with Crippen molar-refractivity contribution in [1.82, 2.24) is 35.0 Å². The molecule has 4 heterocycles. The average molecular weight is 490 g/mol. The molecule has 1 fully saturated rings. The number of carbonyl (C=O) groups is 1. The van der Waals surface area contributed by atoms with Crippen LogP contribution in [0, 0.1) is 13.8 Å². The van der Waals surface area contributed by atoms with Crippen LogP contribution in [-0.2, 0) is 5.54 Å². The summed E-state index contributed by atoms with van der Waals surface area (Å²) in [4.78, 5) is 33.4. The van der Waals surface area contributed by atoms with Crippen LogP contribution >= 0.6 is 0 Å². The number of H-pyrrole nitrogens is 1. The molecule has 1 atom stereocenters. The number of hydrogen-bond acceptors (Lipinski definition) is 7. The third-order valence-corrected chi connectivity index (χ3v) is 6.69. The number of rotatable bonds is 4. The Morgan fingerprint density at radius 2 is 1.86 bits per heavy atom. The van der Waals surface area contributed by atoms with Crippen LogP contribution in [0.25, 0.3) is 10.9 Å². The standard InChI is InChI=1S/C26H31N7O3/c1-16-13-17(2)21-18(14-16)15-19(24(34)27-21)22(23-28-29-30-33(23)26(3,4)5)31-8-10-32(11-9-31)25(35)20-7-6-12-36-20/h6-7,12-15,22H,8-11H2,1-5H3,(H,27,34)/t22-/m0/s1. The number of aryl methyl sites for hydroxylation is 2. The fourth-order valence-electron chi connectivity index (χ4n) is 4.99. The molecule has 0 bridgehead atoms. The first kappa shape index (κ1) is 23.9. The molecule has 5 rings (SSSR count). The Labute approximate surface area is 208 Å². The number of nitrogens with one attached hydrogen (secondary N) is 1. The zero-order valence-corrected chi connectivity index (χ0v) is 21.3. The number of tetrazole rings is 1. The van der Waals surface area contributed by atoms with E-state index in [1.807, 2.05) is 40.7 Å². The van der Waals surface area contributed by atoms with Gasteiger partial charge in [-0.3, -0.25) is 14.5 Å². The molecule has 1 aliphatic heterocycles. The van der Waals surface area contributed by atoms with Crippen molar-refractivity contribution in [2.75, 3.05) is 26.2 Å². The molecular weight excluding hydrogens is 458 g/mol. The third kappa shape index (κ3) is 4.32. The van der Waals surface area contributed by atoms with Gasteiger partial charge in [0.2, 0.25) is 0 Å². The molecule has 0 aliphatic carbocycles. The van der Waals surface area contributed by atoms with E-state index in [1.54, 1.807) is 21.7 Å². The molecule has 1 amide bonds. The largest absolute Gasteiger partial charge is 0.459 e. The summed E-state index contributed by atoms with van der Waals surface area (Å²) >= 11 is 0. The van der Waals surface area contributed by atoms with Gasteiger partial charge < -0.3 is 14.3 Å². The Hall–Kier alpha value is -3.79. The Bertz CT molecular complexity index is 1460. The van der Waals surface area contributed by atoms with Crippen LogP contribution in [0.1, 0.15) is 59.9 Å². The van der Waals surface area contributed by atoms with Crippen LogP contribution < -0.4 is 5.56 Å². The maximum Gasteiger partial charge on any atom is 0.289 e. The minimum absolute atomic E-state index is 0.134. The lowest BCUT2D eigenvalue weighted by molar-refractivity contribution is 0.0555. The van der Waals surface area contributed by atoms with Crippen molar-refractivity contribution in [2.45, 2.75) is 46.2 Å². The van der Waals surface area contributed by atoms with Crippen molar-refractivity contribution in [3.8, 4) is 0 Å². The number of amides is 1. The Morgan fingerprint density at radius 1 is 1.11 bits per heavy atom. The normalized spacial score (nSPS) is 16.0. The van der Waals surface area contributed by atoms with E-state index in [4.69, 9.17) is 4.42 Å². The van der Waals surface area contributed by atoms with E-state index in [2.05, 4.69) is 37.5 Å². The summed E-state index contributed by atoms with van der Waals surface area (Å²) in [6.45, 7) is 12.2. The first-order valence-electron chi connectivity index (χ1n) is 12.1. The molecule has 188 valence electrons. The summed E-state index contributed by atoms with van der Waals surface area (Å²) in [5.41, 5.74) is 3.01. The highest BCUT2D eigenvalue weighted by Crippen LogP contribution is 2.31. The van der Waals surface area contributed by atoms with Crippen LogP contribution in [0.4, 0.5) is 0 Å². The topological polar surface area (TPSA) is 113 Å². The summed E-state index contributed by atoms with van der Waals surface area (Å²) in [7, 11) is 0. The fraction of sp³-hybridized carbons (Fsp3) is 0.423. The van der Waals surface area contributed by atoms with E-state index >= 15 is 0 Å². The second-order valence-electron chi connectivity index (χ2n) is 10.4. The highest BCUT2D eigenvalue weighted by Gasteiger charge is 2.36. The van der Waals surface area contributed by atoms with Gasteiger partial charge in [0.1, 0.15) is 6.04 Å². The van der Waals surface area contributed by atoms with Gasteiger partial charge >= 0.3 is 0 Å². The van der Waals surface area contributed by atoms with Crippen LogP contribution in [0.5, 0.6) is 0 Å². The number of furan rings is 1. The Morgan fingerprint density at radius 3 is 2.53 bits per heavy atom. The van der Waals surface area contributed by atoms with Crippen molar-refractivity contribution >= 4 is 16.8 Å². The smallest absolute Gasteiger partial charge is 0.289 e. The number of piperazine rings is 1. The Kier molecular flexibility index (Phi) is 5.99. The van der Waals surface area contributed by atoms with Gasteiger partial charge in [0.25, 0.3) is 11.5 Å². The number of aromatic nitrogens is 5. The highest BCUT2D eigenvalue weighted by atomic mass is 16.3. The molecule has 10 heteroatoms. The average Bonchev–Trinajstić information content (AvgIpc) is 3.53. The first-order chi connectivity index (χ1) is 17.1. The number of carbonyl (C=O) groups excluding carboxylic acids is 1. The van der Waals surface area contributed by atoms with E-state index in [1.165, 1.54) is 6.26 Å². The molecular formula is C26H31N7O3. The quantitative estimate of drug-likeness (QED) is 0.469. The summed E-state index contributed by atoms with van der Waals surface area (Å²) in [5.74, 6) is 0.793. The monoisotopic (exact) mass is 489 g/mol. The number of fused-ring (bicyclic) bond motifs is 1. The molecule has 10 nitrogen and oxygen atoms in total. The molecule has 0 spiro atoms. The second kappa shape index (κ2) is 9.02. The van der Waals surface area contributed by atoms with E-state index in [9.17, 15) is 9.59 Å². The lowest BCUT2D eigenvalue weighted by Crippen LogP contribution is -2.51. The molecule has 0 unspecified atom stereocenters. The fourth-order valence-corrected chi connectivity index (χ4v) is 4.99. The van der Waals surface area contributed by atoms with Crippen LogP contribution in [0.15, 0.2) is 45.8 Å². The molecule has 4 aromatic rings. The molecule has 36 heavy (non-hydrogen) atoms. The lowest BCUT2D eigenvalue weighted by Gasteiger charge is -2.39. The van der Waals surface area contributed by atoms with Crippen molar-refractivity contribution in [2.24, 2.45) is 0 Å². The molecule has 1 N–H and O–H groups in total. The van der Waals surface area contributed by atoms with Crippen molar-refractivity contribution in [1.29, 1.82) is 0 Å². The molecule has 0 radical (unpaired) electrons. The van der Waals surface area contributed by atoms with Gasteiger partial charge in [-0.25, -0.2) is 4.68 Å². The van der Waals surface area contributed by atoms with Gasteiger partial charge in [-0.1, -0.05) is 11.6 Å². The maximum absolute atomic E-state index is 13.5. The predicted molar refractivity (Wildman–Crippen MR) is 135 cm³/mol. The van der Waals surface area contributed by atoms with Crippen molar-refractivity contribution in [3.63, 3.8) is 0 Å². The second-order valence-corrected chi connectivity index (χ2v) is 10.4. The van der Waals surface area contributed by atoms with E-state index < -0.39 is 6.04 Å². The van der Waals surface area contributed by atoms with Crippen molar-refractivity contribution in [3.05, 3.63) is 75.2 Å². The van der Waals surface area contributed by atoms with Gasteiger partial charge in [0.05, 0.1) is 17.3 Å². The van der Waals surface area contributed by atoms with E-state index in [0.717, 1.165) is 22.0 Å². The maximum atomic E-state index is 13.5. The van der Waals surface area contributed by atoms with Crippen LogP contribution in [0.3, 0.4) is 0 Å². The molecule has 0 saturated carbocycles. The van der Waals surface area contributed by atoms with Gasteiger partial charge in [0.15, 0.2) is 11.6 Å². The highest BCUT2D eigenvalue weighted by molar-refractivity contribution is 5.91. The van der Waals surface area contributed by atoms with Crippen molar-refractivity contribution < 1.29 is 9.21 Å². The van der Waals surface area contributed by atoms with E-state index in [-0.39, 0.29) is 17.0 Å². The SMILES string of the molecule is Cc1cc(C)c2[nH]c(=O)c([C@@H](c3nnnn3C(C)(C)C)N3CCN(C(=O)c4ccco4)CC3)cc2c1. The Balaban J connectivity index is 1.56. The summed E-state index contributed by atoms with van der Waals surface area (Å²) in [5, 5.41) is 13.6. The van der Waals surface area contributed by atoms with Gasteiger partial charge in [-0.2, -0.15) is 0 Å². The first-order valence-corrected chi connectivity index (χ1v) is 12.1. The predicted octanol–water partition coefficient (Wildman–Crippen LogP) is 3.03. The number of benzene rings is 1. The molecule has 1 saturated heterocycles. The van der Waals surface area contributed by atoms with Gasteiger partial charge in [-0.05, 0) is 80.3 Å². The number of pyridine rings is 1. The minimum atomic E-state index is -0.478. The summed E-state index contributed by atoms with van der Waals surface area (Å²) < 4.78 is 7.08. The lowest BCUT2D eigenvalue weighted by atomic mass is 9.99. The molecule has 1 aliphatic rings. The third-order valence-electron chi connectivity index (χ3n) is 6.69. The zero-order valence-electron chi connectivity index (χ0n) is 21.3. The number of aromatic amines is 1. The van der Waals surface area contributed by atoms with Crippen LogP contribution in [-0.4, -0.2) is 67.1 Å². The summed E-state index contributed by atoms with van der Waals surface area (Å²) in [6.07, 6.45) is 1.50. The number of hydrogen-bond donors (Lipinski definition) is 1. The van der Waals surface area contributed by atoms with Crippen LogP contribution in [0.2, 0.25) is 0 Å². The molecule has 1 aromatic carbocycles. The molecule has 3 aromatic heterocycles. The van der Waals surface area contributed by atoms with Gasteiger partial charge in [0, 0.05) is 31.7 Å². The van der Waals surface area contributed by atoms with Gasteiger partial charge in [-0.15, -0.1) is 5.10 Å². The summed E-state index contributed by atoms with van der Waals surface area (Å²) in [6, 6.07) is 9.00. The van der Waals surface area contributed by atoms with E-state index in [0.29, 0.717) is 43.3 Å².